The van der Waals surface area contributed by atoms with Crippen molar-refractivity contribution in [2.45, 2.75) is 80.1 Å². The average Bonchev–Trinajstić information content (AvgIpc) is 2.76. The number of aliphatic imine (C=N–C) groups is 1. The minimum Gasteiger partial charge on any atom is -0.370 e. The fourth-order valence-corrected chi connectivity index (χ4v) is 4.02. The molecule has 5 N–H and O–H groups in total. The zero-order valence-corrected chi connectivity index (χ0v) is 20.5. The first-order valence-corrected chi connectivity index (χ1v) is 11.9. The van der Waals surface area contributed by atoms with E-state index in [9.17, 15) is 0 Å². The summed E-state index contributed by atoms with van der Waals surface area (Å²) in [7, 11) is 0. The van der Waals surface area contributed by atoms with Crippen LogP contribution >= 0.6 is 0 Å². The third kappa shape index (κ3) is 12.0. The molecule has 1 fully saturated rings. The Morgan fingerprint density at radius 1 is 1.03 bits per heavy atom. The minimum atomic E-state index is 0.219. The lowest BCUT2D eigenvalue weighted by molar-refractivity contribution is 0.273. The summed E-state index contributed by atoms with van der Waals surface area (Å²) in [6.45, 7) is 15.6. The predicted molar refractivity (Wildman–Crippen MR) is 136 cm³/mol. The van der Waals surface area contributed by atoms with Crippen molar-refractivity contribution in [3.63, 3.8) is 0 Å². The molecule has 0 atom stereocenters. The molecular weight excluding hydrogens is 368 g/mol. The van der Waals surface area contributed by atoms with E-state index in [0.29, 0.717) is 5.92 Å². The molecule has 172 valence electrons. The number of rotatable bonds is 11. The van der Waals surface area contributed by atoms with Gasteiger partial charge in [0.05, 0.1) is 0 Å². The van der Waals surface area contributed by atoms with Crippen LogP contribution in [-0.4, -0.2) is 25.6 Å². The molecule has 0 aromatic heterocycles. The third-order valence-corrected chi connectivity index (χ3v) is 5.63. The molecular formula is C26H48N4. The second-order valence-corrected chi connectivity index (χ2v) is 7.84. The zero-order chi connectivity index (χ0) is 22.8. The van der Waals surface area contributed by atoms with Crippen LogP contribution in [-0.2, 0) is 0 Å². The van der Waals surface area contributed by atoms with Crippen molar-refractivity contribution < 1.29 is 0 Å². The van der Waals surface area contributed by atoms with Crippen molar-refractivity contribution in [2.75, 3.05) is 19.6 Å². The monoisotopic (exact) mass is 416 g/mol. The Morgan fingerprint density at radius 2 is 1.67 bits per heavy atom. The van der Waals surface area contributed by atoms with Crippen LogP contribution in [0.4, 0.5) is 0 Å². The molecule has 0 saturated heterocycles. The third-order valence-electron chi connectivity index (χ3n) is 5.63. The van der Waals surface area contributed by atoms with Gasteiger partial charge in [0.2, 0.25) is 0 Å². The Hall–Kier alpha value is -1.81. The van der Waals surface area contributed by atoms with Crippen molar-refractivity contribution in [1.82, 2.24) is 5.32 Å². The molecule has 1 aliphatic carbocycles. The van der Waals surface area contributed by atoms with Gasteiger partial charge in [-0.3, -0.25) is 4.99 Å². The molecule has 0 amide bonds. The molecule has 4 nitrogen and oxygen atoms in total. The van der Waals surface area contributed by atoms with E-state index in [2.05, 4.69) is 68.4 Å². The molecule has 4 heteroatoms. The summed E-state index contributed by atoms with van der Waals surface area (Å²) in [5.41, 5.74) is 15.2. The molecule has 1 aliphatic rings. The van der Waals surface area contributed by atoms with Gasteiger partial charge in [0.1, 0.15) is 0 Å². The van der Waals surface area contributed by atoms with Crippen molar-refractivity contribution in [2.24, 2.45) is 28.3 Å². The van der Waals surface area contributed by atoms with Gasteiger partial charge in [0.25, 0.3) is 0 Å². The average molecular weight is 417 g/mol. The minimum absolute atomic E-state index is 0.219. The molecule has 0 unspecified atom stereocenters. The summed E-state index contributed by atoms with van der Waals surface area (Å²) in [6, 6.07) is 0. The highest BCUT2D eigenvalue weighted by molar-refractivity contribution is 5.75. The number of hydrogen-bond acceptors (Lipinski definition) is 2. The van der Waals surface area contributed by atoms with Crippen LogP contribution in [0.5, 0.6) is 0 Å². The summed E-state index contributed by atoms with van der Waals surface area (Å²) >= 11 is 0. The first-order valence-electron chi connectivity index (χ1n) is 11.9. The molecule has 0 radical (unpaired) electrons. The fraction of sp³-hybridized carbons (Fsp3) is 0.654. The predicted octanol–water partition coefficient (Wildman–Crippen LogP) is 5.88. The largest absolute Gasteiger partial charge is 0.370 e. The first kappa shape index (κ1) is 28.2. The zero-order valence-electron chi connectivity index (χ0n) is 20.5. The highest BCUT2D eigenvalue weighted by Crippen LogP contribution is 2.28. The van der Waals surface area contributed by atoms with E-state index in [1.165, 1.54) is 42.4 Å². The Labute approximate surface area is 186 Å². The van der Waals surface area contributed by atoms with Gasteiger partial charge >= 0.3 is 0 Å². The summed E-state index contributed by atoms with van der Waals surface area (Å²) in [4.78, 5) is 4.18. The van der Waals surface area contributed by atoms with Gasteiger partial charge in [0, 0.05) is 6.54 Å². The van der Waals surface area contributed by atoms with Gasteiger partial charge in [-0.05, 0) is 101 Å². The number of nitrogens with zero attached hydrogens (tertiary/aromatic N) is 1. The van der Waals surface area contributed by atoms with E-state index in [0.717, 1.165) is 38.4 Å². The Kier molecular flexibility index (Phi) is 16.9. The SMILES string of the molecule is CC.C\C=C/C=C(C)/C(CC)=C(/C=C\C)CCNCC1CCC(CN=C(N)N)CC1. The van der Waals surface area contributed by atoms with E-state index >= 15 is 0 Å². The van der Waals surface area contributed by atoms with Crippen LogP contribution in [0.3, 0.4) is 0 Å². The summed E-state index contributed by atoms with van der Waals surface area (Å²) < 4.78 is 0. The molecule has 0 spiro atoms. The molecule has 0 heterocycles. The standard InChI is InChI=1S/C24H42N4.C2H6/c1-5-8-10-19(4)23(7-3)22(9-6-2)15-16-27-17-20-11-13-21(14-12-20)18-28-24(25)26;1-2/h5-6,8-10,20-21,27H,7,11-18H2,1-4H3,(H4,25,26,28);1-2H3/b8-5-,9-6-,19-10+,23-22-;. The van der Waals surface area contributed by atoms with Crippen LogP contribution in [0.1, 0.15) is 80.1 Å². The first-order chi connectivity index (χ1) is 14.5. The molecule has 0 aliphatic heterocycles. The highest BCUT2D eigenvalue weighted by Gasteiger charge is 2.20. The van der Waals surface area contributed by atoms with Crippen molar-refractivity contribution >= 4 is 5.96 Å². The highest BCUT2D eigenvalue weighted by atomic mass is 15.0. The van der Waals surface area contributed by atoms with E-state index in [1.54, 1.807) is 0 Å². The maximum absolute atomic E-state index is 5.44. The Morgan fingerprint density at radius 3 is 2.20 bits per heavy atom. The lowest BCUT2D eigenvalue weighted by Crippen LogP contribution is -2.29. The maximum Gasteiger partial charge on any atom is 0.185 e. The van der Waals surface area contributed by atoms with Gasteiger partial charge in [-0.15, -0.1) is 0 Å². The number of hydrogen-bond donors (Lipinski definition) is 3. The van der Waals surface area contributed by atoms with Gasteiger partial charge in [-0.2, -0.15) is 0 Å². The fourth-order valence-electron chi connectivity index (χ4n) is 4.02. The van der Waals surface area contributed by atoms with Gasteiger partial charge < -0.3 is 16.8 Å². The molecule has 0 bridgehead atoms. The van der Waals surface area contributed by atoms with Gasteiger partial charge in [-0.25, -0.2) is 0 Å². The van der Waals surface area contributed by atoms with E-state index < -0.39 is 0 Å². The van der Waals surface area contributed by atoms with Crippen LogP contribution in [0.2, 0.25) is 0 Å². The molecule has 1 saturated carbocycles. The van der Waals surface area contributed by atoms with E-state index in [-0.39, 0.29) is 5.96 Å². The van der Waals surface area contributed by atoms with Crippen molar-refractivity contribution in [3.05, 3.63) is 47.1 Å². The van der Waals surface area contributed by atoms with E-state index in [1.807, 2.05) is 13.8 Å². The number of guanidine groups is 1. The molecule has 30 heavy (non-hydrogen) atoms. The number of allylic oxidation sites excluding steroid dienone is 7. The quantitative estimate of drug-likeness (QED) is 0.170. The Balaban J connectivity index is 0.00000407. The lowest BCUT2D eigenvalue weighted by atomic mass is 9.82. The molecule has 1 rings (SSSR count). The van der Waals surface area contributed by atoms with Crippen LogP contribution < -0.4 is 16.8 Å². The van der Waals surface area contributed by atoms with Gasteiger partial charge in [-0.1, -0.05) is 51.2 Å². The maximum atomic E-state index is 5.44. The smallest absolute Gasteiger partial charge is 0.185 e. The van der Waals surface area contributed by atoms with Gasteiger partial charge in [0.15, 0.2) is 5.96 Å². The number of nitrogens with one attached hydrogen (secondary N) is 1. The van der Waals surface area contributed by atoms with Crippen LogP contribution in [0, 0.1) is 11.8 Å². The second kappa shape index (κ2) is 18.0. The summed E-state index contributed by atoms with van der Waals surface area (Å²) in [5, 5.41) is 3.70. The normalized spacial score (nSPS) is 20.7. The van der Waals surface area contributed by atoms with Crippen LogP contribution in [0.15, 0.2) is 52.1 Å². The van der Waals surface area contributed by atoms with E-state index in [4.69, 9.17) is 11.5 Å². The summed E-state index contributed by atoms with van der Waals surface area (Å²) in [5.74, 6) is 1.66. The topological polar surface area (TPSA) is 76.4 Å². The van der Waals surface area contributed by atoms with Crippen LogP contribution in [0.25, 0.3) is 0 Å². The number of nitrogens with two attached hydrogens (primary N) is 2. The molecule has 0 aromatic carbocycles. The van der Waals surface area contributed by atoms with Crippen molar-refractivity contribution in [3.8, 4) is 0 Å². The summed E-state index contributed by atoms with van der Waals surface area (Å²) in [6.07, 6.45) is 18.0. The second-order valence-electron chi connectivity index (χ2n) is 7.84. The van der Waals surface area contributed by atoms with Crippen molar-refractivity contribution in [1.29, 1.82) is 0 Å². The lowest BCUT2D eigenvalue weighted by Gasteiger charge is -2.27. The molecule has 0 aromatic rings. The Bertz CT molecular complexity index is 584.